The Balaban J connectivity index is 1.36. The maximum atomic E-state index is 5.55. The minimum atomic E-state index is 0.908. The van der Waals surface area contributed by atoms with Crippen molar-refractivity contribution in [2.75, 3.05) is 32.7 Å². The number of nitrogens with one attached hydrogen (secondary N) is 2. The van der Waals surface area contributed by atoms with Gasteiger partial charge in [-0.1, -0.05) is 30.3 Å². The molecule has 23 heavy (non-hydrogen) atoms. The summed E-state index contributed by atoms with van der Waals surface area (Å²) in [6, 6.07) is 12.8. The van der Waals surface area contributed by atoms with Crippen molar-refractivity contribution in [1.82, 2.24) is 10.2 Å². The molecule has 5 heteroatoms. The second kappa shape index (κ2) is 8.43. The van der Waals surface area contributed by atoms with Crippen LogP contribution in [0, 0.1) is 0 Å². The van der Waals surface area contributed by atoms with Crippen molar-refractivity contribution in [3.8, 4) is 0 Å². The molecule has 0 bridgehead atoms. The molecular weight excluding hydrogens is 322 g/mol. The lowest BCUT2D eigenvalue weighted by molar-refractivity contribution is -0.917. The molecule has 1 aromatic heterocycles. The molecule has 1 aliphatic heterocycles. The van der Waals surface area contributed by atoms with E-state index in [-0.39, 0.29) is 0 Å². The van der Waals surface area contributed by atoms with E-state index in [2.05, 4.69) is 57.4 Å². The molecule has 0 radical (unpaired) electrons. The Morgan fingerprint density at radius 1 is 1.13 bits per heavy atom. The maximum absolute atomic E-state index is 5.55. The molecule has 1 aromatic carbocycles. The minimum Gasteiger partial charge on any atom is -0.362 e. The second-order valence-electron chi connectivity index (χ2n) is 6.01. The van der Waals surface area contributed by atoms with Crippen molar-refractivity contribution < 1.29 is 4.90 Å². The number of piperazine rings is 1. The monoisotopic (exact) mass is 346 g/mol. The highest BCUT2D eigenvalue weighted by molar-refractivity contribution is 7.80. The number of nitrogens with zero attached hydrogens (tertiary/aromatic N) is 1. The third-order valence-corrected chi connectivity index (χ3v) is 5.46. The van der Waals surface area contributed by atoms with Crippen LogP contribution in [-0.2, 0) is 13.0 Å². The summed E-state index contributed by atoms with van der Waals surface area (Å²) in [7, 11) is 0. The van der Waals surface area contributed by atoms with Gasteiger partial charge in [-0.3, -0.25) is 0 Å². The van der Waals surface area contributed by atoms with Crippen LogP contribution in [0.1, 0.15) is 11.1 Å². The fourth-order valence-corrected chi connectivity index (χ4v) is 3.91. The van der Waals surface area contributed by atoms with E-state index in [4.69, 9.17) is 12.2 Å². The number of thiocarbonyl (C=S) groups is 1. The molecule has 3 rings (SSSR count). The van der Waals surface area contributed by atoms with Crippen LogP contribution in [0.25, 0.3) is 0 Å². The fourth-order valence-electron chi connectivity index (χ4n) is 2.95. The molecule has 0 spiro atoms. The first-order chi connectivity index (χ1) is 11.3. The predicted octanol–water partition coefficient (Wildman–Crippen LogP) is 1.57. The van der Waals surface area contributed by atoms with Gasteiger partial charge in [0.05, 0.1) is 26.2 Å². The Morgan fingerprint density at radius 3 is 2.61 bits per heavy atom. The lowest BCUT2D eigenvalue weighted by Crippen LogP contribution is -3.13. The van der Waals surface area contributed by atoms with E-state index in [0.717, 1.165) is 50.8 Å². The van der Waals surface area contributed by atoms with Crippen LogP contribution in [-0.4, -0.2) is 42.7 Å². The Hall–Kier alpha value is -1.43. The molecular formula is C18H24N3S2+. The van der Waals surface area contributed by atoms with E-state index >= 15 is 0 Å². The predicted molar refractivity (Wildman–Crippen MR) is 101 cm³/mol. The van der Waals surface area contributed by atoms with Crippen LogP contribution in [0.15, 0.2) is 47.2 Å². The minimum absolute atomic E-state index is 0.908. The fraction of sp³-hybridized carbons (Fsp3) is 0.389. The number of hydrogen-bond donors (Lipinski definition) is 2. The van der Waals surface area contributed by atoms with Crippen LogP contribution < -0.4 is 10.2 Å². The summed E-state index contributed by atoms with van der Waals surface area (Å²) >= 11 is 7.34. The molecule has 2 N–H and O–H groups in total. The van der Waals surface area contributed by atoms with Gasteiger partial charge in [0.1, 0.15) is 6.54 Å². The summed E-state index contributed by atoms with van der Waals surface area (Å²) in [6.07, 6.45) is 1.02. The van der Waals surface area contributed by atoms with Crippen LogP contribution in [0.4, 0.5) is 0 Å². The van der Waals surface area contributed by atoms with Gasteiger partial charge in [0.2, 0.25) is 0 Å². The number of hydrogen-bond acceptors (Lipinski definition) is 2. The van der Waals surface area contributed by atoms with Gasteiger partial charge in [0.25, 0.3) is 0 Å². The molecule has 0 aliphatic carbocycles. The van der Waals surface area contributed by atoms with Gasteiger partial charge in [-0.05, 0) is 41.0 Å². The first-order valence-electron chi connectivity index (χ1n) is 8.22. The quantitative estimate of drug-likeness (QED) is 0.802. The standard InChI is InChI=1S/C18H23N3S2/c22-18(19-8-6-16-4-2-1-3-5-16)21-11-9-20(10-12-21)14-17-7-13-23-15-17/h1-5,7,13,15H,6,8-12,14H2,(H,19,22)/p+1. The summed E-state index contributed by atoms with van der Waals surface area (Å²) in [5, 5.41) is 8.75. The van der Waals surface area contributed by atoms with Gasteiger partial charge in [0.15, 0.2) is 5.11 Å². The number of thiophene rings is 1. The molecule has 1 saturated heterocycles. The van der Waals surface area contributed by atoms with Crippen molar-refractivity contribution in [3.05, 3.63) is 58.3 Å². The zero-order valence-corrected chi connectivity index (χ0v) is 15.0. The highest BCUT2D eigenvalue weighted by Gasteiger charge is 2.21. The summed E-state index contributed by atoms with van der Waals surface area (Å²) in [5.41, 5.74) is 2.81. The van der Waals surface area contributed by atoms with E-state index in [1.807, 2.05) is 0 Å². The van der Waals surface area contributed by atoms with E-state index in [0.29, 0.717) is 0 Å². The number of rotatable bonds is 5. The summed E-state index contributed by atoms with van der Waals surface area (Å²) < 4.78 is 0. The Morgan fingerprint density at radius 2 is 1.91 bits per heavy atom. The average molecular weight is 347 g/mol. The molecule has 1 aliphatic rings. The van der Waals surface area contributed by atoms with Gasteiger partial charge in [-0.15, -0.1) is 0 Å². The summed E-state index contributed by atoms with van der Waals surface area (Å²) in [6.45, 7) is 6.48. The van der Waals surface area contributed by atoms with Crippen LogP contribution >= 0.6 is 23.6 Å². The van der Waals surface area contributed by atoms with Gasteiger partial charge < -0.3 is 15.1 Å². The van der Waals surface area contributed by atoms with Crippen LogP contribution in [0.5, 0.6) is 0 Å². The van der Waals surface area contributed by atoms with Gasteiger partial charge in [0, 0.05) is 12.1 Å². The lowest BCUT2D eigenvalue weighted by Gasteiger charge is -2.33. The summed E-state index contributed by atoms with van der Waals surface area (Å²) in [5.74, 6) is 0. The normalized spacial score (nSPS) is 15.6. The molecule has 3 nitrogen and oxygen atoms in total. The van der Waals surface area contributed by atoms with Gasteiger partial charge in [-0.25, -0.2) is 0 Å². The van der Waals surface area contributed by atoms with Crippen molar-refractivity contribution in [2.45, 2.75) is 13.0 Å². The van der Waals surface area contributed by atoms with Gasteiger partial charge in [-0.2, -0.15) is 11.3 Å². The largest absolute Gasteiger partial charge is 0.362 e. The number of quaternary nitrogens is 1. The smallest absolute Gasteiger partial charge is 0.169 e. The van der Waals surface area contributed by atoms with Crippen molar-refractivity contribution in [2.24, 2.45) is 0 Å². The maximum Gasteiger partial charge on any atom is 0.169 e. The third-order valence-electron chi connectivity index (χ3n) is 4.32. The molecule has 0 saturated carbocycles. The number of benzene rings is 1. The van der Waals surface area contributed by atoms with Crippen molar-refractivity contribution >= 4 is 28.7 Å². The van der Waals surface area contributed by atoms with Crippen LogP contribution in [0.3, 0.4) is 0 Å². The molecule has 0 unspecified atom stereocenters. The molecule has 0 atom stereocenters. The zero-order chi connectivity index (χ0) is 15.9. The summed E-state index contributed by atoms with van der Waals surface area (Å²) in [4.78, 5) is 3.98. The van der Waals surface area contributed by atoms with E-state index in [9.17, 15) is 0 Å². The molecule has 2 heterocycles. The molecule has 1 fully saturated rings. The third kappa shape index (κ3) is 5.03. The van der Waals surface area contributed by atoms with E-state index in [1.165, 1.54) is 11.1 Å². The molecule has 2 aromatic rings. The second-order valence-corrected chi connectivity index (χ2v) is 7.18. The zero-order valence-electron chi connectivity index (χ0n) is 13.3. The average Bonchev–Trinajstić information content (AvgIpc) is 3.09. The van der Waals surface area contributed by atoms with Gasteiger partial charge >= 0.3 is 0 Å². The first-order valence-corrected chi connectivity index (χ1v) is 9.58. The highest BCUT2D eigenvalue weighted by Crippen LogP contribution is 2.04. The Bertz CT molecular complexity index is 590. The lowest BCUT2D eigenvalue weighted by atomic mass is 10.1. The highest BCUT2D eigenvalue weighted by atomic mass is 32.1. The molecule has 122 valence electrons. The Kier molecular flexibility index (Phi) is 6.02. The van der Waals surface area contributed by atoms with Crippen molar-refractivity contribution in [1.29, 1.82) is 0 Å². The van der Waals surface area contributed by atoms with Crippen molar-refractivity contribution in [3.63, 3.8) is 0 Å². The van der Waals surface area contributed by atoms with E-state index < -0.39 is 0 Å². The topological polar surface area (TPSA) is 19.7 Å². The van der Waals surface area contributed by atoms with Crippen LogP contribution in [0.2, 0.25) is 0 Å². The molecule has 0 amide bonds. The SMILES string of the molecule is S=C(NCCc1ccccc1)N1CC[NH+](Cc2ccsc2)CC1. The first kappa shape index (κ1) is 16.4. The Labute approximate surface area is 147 Å². The van der Waals surface area contributed by atoms with E-state index in [1.54, 1.807) is 16.2 Å².